The van der Waals surface area contributed by atoms with Gasteiger partial charge in [-0.2, -0.15) is 0 Å². The Kier molecular flexibility index (Phi) is 5.71. The van der Waals surface area contributed by atoms with Crippen LogP contribution in [0, 0.1) is 6.92 Å². The Bertz CT molecular complexity index is 904. The van der Waals surface area contributed by atoms with Gasteiger partial charge in [-0.15, -0.1) is 0 Å². The number of anilines is 3. The number of aromatic nitrogens is 1. The zero-order valence-electron chi connectivity index (χ0n) is 15.7. The van der Waals surface area contributed by atoms with E-state index in [9.17, 15) is 4.79 Å². The molecular formula is C22H23N3O2. The van der Waals surface area contributed by atoms with E-state index in [1.165, 1.54) is 0 Å². The fourth-order valence-corrected chi connectivity index (χ4v) is 2.58. The average molecular weight is 361 g/mol. The summed E-state index contributed by atoms with van der Waals surface area (Å²) in [5, 5.41) is 6.11. The number of nitrogens with one attached hydrogen (secondary N) is 2. The van der Waals surface area contributed by atoms with Crippen LogP contribution < -0.4 is 15.4 Å². The lowest BCUT2D eigenvalue weighted by Crippen LogP contribution is -2.13. The zero-order chi connectivity index (χ0) is 19.2. The third kappa shape index (κ3) is 5.31. The van der Waals surface area contributed by atoms with Crippen LogP contribution in [0.1, 0.15) is 29.9 Å². The number of pyridine rings is 1. The number of carbonyl (C=O) groups is 1. The molecular weight excluding hydrogens is 338 g/mol. The SMILES string of the molecule is Cc1cccc(NC(=O)c2ccc(Nc3ccc(OC(C)C)cc3)cn2)c1. The van der Waals surface area contributed by atoms with Gasteiger partial charge in [-0.3, -0.25) is 4.79 Å². The summed E-state index contributed by atoms with van der Waals surface area (Å²) in [6.07, 6.45) is 1.79. The molecule has 27 heavy (non-hydrogen) atoms. The van der Waals surface area contributed by atoms with Crippen molar-refractivity contribution in [3.63, 3.8) is 0 Å². The van der Waals surface area contributed by atoms with Crippen LogP contribution in [0.5, 0.6) is 5.75 Å². The van der Waals surface area contributed by atoms with E-state index in [2.05, 4.69) is 15.6 Å². The van der Waals surface area contributed by atoms with Gasteiger partial charge in [-0.1, -0.05) is 12.1 Å². The lowest BCUT2D eigenvalue weighted by Gasteiger charge is -2.11. The van der Waals surface area contributed by atoms with Crippen LogP contribution in [-0.4, -0.2) is 17.0 Å². The second-order valence-corrected chi connectivity index (χ2v) is 6.57. The van der Waals surface area contributed by atoms with Gasteiger partial charge < -0.3 is 15.4 Å². The molecule has 1 aromatic heterocycles. The van der Waals surface area contributed by atoms with Crippen molar-refractivity contribution in [1.29, 1.82) is 0 Å². The number of aryl methyl sites for hydroxylation is 1. The van der Waals surface area contributed by atoms with Crippen molar-refractivity contribution in [1.82, 2.24) is 4.98 Å². The Morgan fingerprint density at radius 3 is 2.33 bits per heavy atom. The van der Waals surface area contributed by atoms with Crippen molar-refractivity contribution in [3.05, 3.63) is 78.1 Å². The number of amides is 1. The zero-order valence-corrected chi connectivity index (χ0v) is 15.7. The van der Waals surface area contributed by atoms with Gasteiger partial charge in [0.1, 0.15) is 11.4 Å². The van der Waals surface area contributed by atoms with Crippen LogP contribution in [0.15, 0.2) is 66.9 Å². The highest BCUT2D eigenvalue weighted by molar-refractivity contribution is 6.03. The van der Waals surface area contributed by atoms with Crippen LogP contribution in [0.25, 0.3) is 0 Å². The van der Waals surface area contributed by atoms with Gasteiger partial charge in [0.25, 0.3) is 5.91 Å². The first-order valence-corrected chi connectivity index (χ1v) is 8.87. The van der Waals surface area contributed by atoms with E-state index in [1.54, 1.807) is 12.3 Å². The van der Waals surface area contributed by atoms with Crippen molar-refractivity contribution < 1.29 is 9.53 Å². The standard InChI is InChI=1S/C22H23N3O2/c1-15(2)27-20-10-7-17(8-11-20)24-19-9-12-21(23-14-19)22(26)25-18-6-4-5-16(3)13-18/h4-15,24H,1-3H3,(H,25,26). The van der Waals surface area contributed by atoms with Gasteiger partial charge in [-0.05, 0) is 74.9 Å². The van der Waals surface area contributed by atoms with Gasteiger partial charge in [0.05, 0.1) is 18.0 Å². The number of nitrogens with zero attached hydrogens (tertiary/aromatic N) is 1. The minimum atomic E-state index is -0.234. The fourth-order valence-electron chi connectivity index (χ4n) is 2.58. The maximum Gasteiger partial charge on any atom is 0.274 e. The van der Waals surface area contributed by atoms with E-state index in [-0.39, 0.29) is 12.0 Å². The number of hydrogen-bond donors (Lipinski definition) is 2. The molecule has 2 N–H and O–H groups in total. The van der Waals surface area contributed by atoms with Crippen LogP contribution >= 0.6 is 0 Å². The lowest BCUT2D eigenvalue weighted by atomic mass is 10.2. The van der Waals surface area contributed by atoms with E-state index in [0.29, 0.717) is 5.69 Å². The molecule has 3 rings (SSSR count). The monoisotopic (exact) mass is 361 g/mol. The second kappa shape index (κ2) is 8.36. The summed E-state index contributed by atoms with van der Waals surface area (Å²) >= 11 is 0. The Morgan fingerprint density at radius 2 is 1.70 bits per heavy atom. The Hall–Kier alpha value is -3.34. The average Bonchev–Trinajstić information content (AvgIpc) is 2.63. The minimum Gasteiger partial charge on any atom is -0.491 e. The molecule has 0 aliphatic rings. The van der Waals surface area contributed by atoms with Crippen LogP contribution in [-0.2, 0) is 0 Å². The number of benzene rings is 2. The minimum absolute atomic E-state index is 0.145. The molecule has 3 aromatic rings. The second-order valence-electron chi connectivity index (χ2n) is 6.57. The Labute approximate surface area is 159 Å². The predicted molar refractivity (Wildman–Crippen MR) is 109 cm³/mol. The van der Waals surface area contributed by atoms with Crippen LogP contribution in [0.4, 0.5) is 17.1 Å². The maximum absolute atomic E-state index is 12.3. The summed E-state index contributed by atoms with van der Waals surface area (Å²) in [4.78, 5) is 16.6. The van der Waals surface area contributed by atoms with Gasteiger partial charge in [0.2, 0.25) is 0 Å². The van der Waals surface area contributed by atoms with E-state index in [0.717, 1.165) is 28.4 Å². The molecule has 0 radical (unpaired) electrons. The summed E-state index contributed by atoms with van der Waals surface area (Å²) in [6.45, 7) is 5.97. The van der Waals surface area contributed by atoms with E-state index in [1.807, 2.05) is 75.4 Å². The molecule has 5 heteroatoms. The molecule has 0 saturated carbocycles. The highest BCUT2D eigenvalue weighted by Crippen LogP contribution is 2.20. The number of hydrogen-bond acceptors (Lipinski definition) is 4. The molecule has 5 nitrogen and oxygen atoms in total. The molecule has 0 unspecified atom stereocenters. The van der Waals surface area contributed by atoms with Gasteiger partial charge >= 0.3 is 0 Å². The summed E-state index contributed by atoms with van der Waals surface area (Å²) < 4.78 is 5.63. The van der Waals surface area contributed by atoms with Crippen LogP contribution in [0.3, 0.4) is 0 Å². The van der Waals surface area contributed by atoms with Crippen molar-refractivity contribution in [3.8, 4) is 5.75 Å². The third-order valence-electron chi connectivity index (χ3n) is 3.79. The molecule has 0 aliphatic carbocycles. The molecule has 0 aliphatic heterocycles. The first-order chi connectivity index (χ1) is 13.0. The van der Waals surface area contributed by atoms with Crippen molar-refractivity contribution in [2.75, 3.05) is 10.6 Å². The largest absolute Gasteiger partial charge is 0.491 e. The molecule has 2 aromatic carbocycles. The quantitative estimate of drug-likeness (QED) is 0.635. The molecule has 0 saturated heterocycles. The molecule has 138 valence electrons. The Morgan fingerprint density at radius 1 is 0.963 bits per heavy atom. The first-order valence-electron chi connectivity index (χ1n) is 8.87. The van der Waals surface area contributed by atoms with Crippen molar-refractivity contribution in [2.24, 2.45) is 0 Å². The molecule has 0 atom stereocenters. The van der Waals surface area contributed by atoms with E-state index < -0.39 is 0 Å². The normalized spacial score (nSPS) is 10.5. The van der Waals surface area contributed by atoms with Gasteiger partial charge in [0.15, 0.2) is 0 Å². The first kappa shape index (κ1) is 18.5. The van der Waals surface area contributed by atoms with Crippen molar-refractivity contribution >= 4 is 23.0 Å². The van der Waals surface area contributed by atoms with Gasteiger partial charge in [-0.25, -0.2) is 4.98 Å². The molecule has 0 spiro atoms. The summed E-state index contributed by atoms with van der Waals surface area (Å²) in [5.74, 6) is 0.596. The number of carbonyl (C=O) groups excluding carboxylic acids is 1. The van der Waals surface area contributed by atoms with Crippen molar-refractivity contribution in [2.45, 2.75) is 26.9 Å². The van der Waals surface area contributed by atoms with E-state index in [4.69, 9.17) is 4.74 Å². The molecule has 1 amide bonds. The number of ether oxygens (including phenoxy) is 1. The topological polar surface area (TPSA) is 63.2 Å². The lowest BCUT2D eigenvalue weighted by molar-refractivity contribution is 0.102. The third-order valence-corrected chi connectivity index (χ3v) is 3.79. The fraction of sp³-hybridized carbons (Fsp3) is 0.182. The molecule has 0 bridgehead atoms. The number of rotatable bonds is 6. The molecule has 1 heterocycles. The smallest absolute Gasteiger partial charge is 0.274 e. The summed E-state index contributed by atoms with van der Waals surface area (Å²) in [7, 11) is 0. The highest BCUT2D eigenvalue weighted by atomic mass is 16.5. The predicted octanol–water partition coefficient (Wildman–Crippen LogP) is 5.17. The van der Waals surface area contributed by atoms with E-state index >= 15 is 0 Å². The van der Waals surface area contributed by atoms with Gasteiger partial charge in [0, 0.05) is 11.4 Å². The highest BCUT2D eigenvalue weighted by Gasteiger charge is 2.08. The van der Waals surface area contributed by atoms with Crippen LogP contribution in [0.2, 0.25) is 0 Å². The summed E-state index contributed by atoms with van der Waals surface area (Å²) in [5.41, 5.74) is 3.94. The molecule has 0 fully saturated rings. The maximum atomic E-state index is 12.3. The Balaban J connectivity index is 1.62. The summed E-state index contributed by atoms with van der Waals surface area (Å²) in [6, 6.07) is 18.9.